The molecule has 2 aromatic heterocycles. The lowest BCUT2D eigenvalue weighted by Crippen LogP contribution is -2.39. The molecule has 37 heavy (non-hydrogen) atoms. The van der Waals surface area contributed by atoms with Crippen LogP contribution in [0.4, 0.5) is 13.2 Å². The molecule has 1 aliphatic carbocycles. The van der Waals surface area contributed by atoms with E-state index in [1.165, 1.54) is 12.1 Å². The van der Waals surface area contributed by atoms with Gasteiger partial charge in [0.25, 0.3) is 0 Å². The molecule has 0 bridgehead atoms. The number of rotatable bonds is 5. The van der Waals surface area contributed by atoms with Crippen LogP contribution in [0.15, 0.2) is 42.6 Å². The number of benzene rings is 1. The topological polar surface area (TPSA) is 75.4 Å². The third kappa shape index (κ3) is 4.95. The predicted molar refractivity (Wildman–Crippen MR) is 132 cm³/mol. The number of carboxylic acids is 1. The van der Waals surface area contributed by atoms with Gasteiger partial charge in [-0.1, -0.05) is 12.1 Å². The van der Waals surface area contributed by atoms with Crippen molar-refractivity contribution in [2.24, 2.45) is 11.3 Å². The third-order valence-electron chi connectivity index (χ3n) is 8.15. The van der Waals surface area contributed by atoms with E-state index >= 15 is 0 Å². The van der Waals surface area contributed by atoms with E-state index in [0.29, 0.717) is 62.8 Å². The van der Waals surface area contributed by atoms with Gasteiger partial charge in [0.15, 0.2) is 0 Å². The second kappa shape index (κ2) is 9.50. The van der Waals surface area contributed by atoms with E-state index < -0.39 is 23.1 Å². The molecule has 2 aliphatic rings. The summed E-state index contributed by atoms with van der Waals surface area (Å²) in [6.45, 7) is 2.95. The Morgan fingerprint density at radius 2 is 1.92 bits per heavy atom. The van der Waals surface area contributed by atoms with Crippen molar-refractivity contribution in [1.29, 1.82) is 0 Å². The van der Waals surface area contributed by atoms with E-state index in [2.05, 4.69) is 4.98 Å². The number of carboxylic acid groups (broad SMARTS) is 1. The average molecular weight is 514 g/mol. The van der Waals surface area contributed by atoms with Crippen LogP contribution in [0.3, 0.4) is 0 Å². The van der Waals surface area contributed by atoms with Crippen LogP contribution in [0.1, 0.15) is 61.4 Å². The summed E-state index contributed by atoms with van der Waals surface area (Å²) >= 11 is 0. The van der Waals surface area contributed by atoms with Crippen molar-refractivity contribution < 1.29 is 27.9 Å². The Morgan fingerprint density at radius 3 is 2.62 bits per heavy atom. The van der Waals surface area contributed by atoms with Crippen LogP contribution in [0.2, 0.25) is 0 Å². The van der Waals surface area contributed by atoms with Crippen molar-refractivity contribution in [2.75, 3.05) is 6.54 Å². The van der Waals surface area contributed by atoms with Crippen molar-refractivity contribution in [3.63, 3.8) is 0 Å². The van der Waals surface area contributed by atoms with Gasteiger partial charge in [0.05, 0.1) is 17.5 Å². The zero-order valence-electron chi connectivity index (χ0n) is 20.7. The van der Waals surface area contributed by atoms with E-state index in [4.69, 9.17) is 0 Å². The molecule has 0 radical (unpaired) electrons. The number of fused-ring (bicyclic) bond motifs is 3. The van der Waals surface area contributed by atoms with E-state index in [0.717, 1.165) is 22.7 Å². The molecule has 196 valence electrons. The minimum atomic E-state index is -4.42. The van der Waals surface area contributed by atoms with Gasteiger partial charge in [-0.05, 0) is 80.3 Å². The normalized spacial score (nSPS) is 22.2. The molecule has 0 unspecified atom stereocenters. The molecule has 6 nitrogen and oxygen atoms in total. The minimum absolute atomic E-state index is 0.0402. The number of halogens is 3. The van der Waals surface area contributed by atoms with Crippen molar-refractivity contribution >= 4 is 22.9 Å². The maximum Gasteiger partial charge on any atom is 0.416 e. The first kappa shape index (κ1) is 25.3. The van der Waals surface area contributed by atoms with E-state index in [1.54, 1.807) is 19.2 Å². The van der Waals surface area contributed by atoms with E-state index in [1.807, 2.05) is 21.6 Å². The average Bonchev–Trinajstić information content (AvgIpc) is 3.18. The molecule has 9 heteroatoms. The number of carbonyl (C=O) groups is 2. The Kier molecular flexibility index (Phi) is 6.50. The van der Waals surface area contributed by atoms with Crippen LogP contribution in [-0.4, -0.2) is 38.0 Å². The second-order valence-electron chi connectivity index (χ2n) is 10.7. The fourth-order valence-electron chi connectivity index (χ4n) is 5.78. The molecule has 1 fully saturated rings. The first-order chi connectivity index (χ1) is 17.5. The zero-order chi connectivity index (χ0) is 26.4. The lowest BCUT2D eigenvalue weighted by Gasteiger charge is -2.35. The van der Waals surface area contributed by atoms with Crippen molar-refractivity contribution in [2.45, 2.75) is 64.7 Å². The number of aromatic nitrogens is 2. The van der Waals surface area contributed by atoms with Gasteiger partial charge < -0.3 is 14.6 Å². The Bertz CT molecular complexity index is 1340. The fourth-order valence-corrected chi connectivity index (χ4v) is 5.78. The van der Waals surface area contributed by atoms with Crippen LogP contribution >= 0.6 is 0 Å². The Hall–Kier alpha value is -3.36. The molecule has 0 atom stereocenters. The first-order valence-electron chi connectivity index (χ1n) is 12.7. The fraction of sp³-hybridized carbons (Fsp3) is 0.464. The molecule has 1 N–H and O–H groups in total. The molecule has 3 aromatic rings. The highest BCUT2D eigenvalue weighted by Gasteiger charge is 2.38. The number of carbonyl (C=O) groups excluding carboxylic acids is 1. The van der Waals surface area contributed by atoms with Crippen molar-refractivity contribution in [1.82, 2.24) is 14.5 Å². The van der Waals surface area contributed by atoms with Gasteiger partial charge in [0.2, 0.25) is 5.91 Å². The highest BCUT2D eigenvalue weighted by atomic mass is 19.4. The quantitative estimate of drug-likeness (QED) is 0.478. The highest BCUT2D eigenvalue weighted by Crippen LogP contribution is 2.40. The molecule has 1 aliphatic heterocycles. The van der Waals surface area contributed by atoms with Gasteiger partial charge in [-0.15, -0.1) is 0 Å². The summed E-state index contributed by atoms with van der Waals surface area (Å²) in [5.74, 6) is -0.569. The first-order valence-corrected chi connectivity index (χ1v) is 12.7. The summed E-state index contributed by atoms with van der Waals surface area (Å²) in [4.78, 5) is 31.2. The third-order valence-corrected chi connectivity index (χ3v) is 8.15. The zero-order valence-corrected chi connectivity index (χ0v) is 20.7. The van der Waals surface area contributed by atoms with Crippen molar-refractivity contribution in [3.05, 3.63) is 65.0 Å². The number of hydrogen-bond donors (Lipinski definition) is 1. The molecule has 0 saturated heterocycles. The molecule has 5 rings (SSSR count). The van der Waals surface area contributed by atoms with Gasteiger partial charge >= 0.3 is 12.1 Å². The Labute approximate surface area is 213 Å². The lowest BCUT2D eigenvalue weighted by molar-refractivity contribution is -0.150. The molecule has 1 aromatic carbocycles. The standard InChI is InChI=1S/C28H30F3N3O3/c1-27(26(36)37)10-7-18(8-11-27)15-24(35)33-13-9-21-22-6-3-12-32-25(22)34(23(21)17-33)16-19-4-2-5-20(14-19)28(29,30)31/h2-6,12,14,18H,7-11,13,15-17H2,1H3,(H,36,37)/t18-,27-. The molecular formula is C28H30F3N3O3. The minimum Gasteiger partial charge on any atom is -0.481 e. The summed E-state index contributed by atoms with van der Waals surface area (Å²) in [6, 6.07) is 9.15. The number of aliphatic carboxylic acids is 1. The lowest BCUT2D eigenvalue weighted by atomic mass is 9.71. The van der Waals surface area contributed by atoms with Crippen LogP contribution in [-0.2, 0) is 35.3 Å². The number of amides is 1. The van der Waals surface area contributed by atoms with Crippen LogP contribution < -0.4 is 0 Å². The van der Waals surface area contributed by atoms with Crippen LogP contribution in [0, 0.1) is 11.3 Å². The summed E-state index contributed by atoms with van der Waals surface area (Å²) < 4.78 is 41.8. The summed E-state index contributed by atoms with van der Waals surface area (Å²) in [6.07, 6.45) is 0.866. The SMILES string of the molecule is C[C@]1(C(=O)O)CC[C@H](CC(=O)N2CCc3c(n(Cc4cccc(C(F)(F)F)c4)c4ncccc34)C2)CC1. The number of pyridine rings is 1. The van der Waals surface area contributed by atoms with Crippen molar-refractivity contribution in [3.8, 4) is 0 Å². The van der Waals surface area contributed by atoms with Gasteiger partial charge in [-0.25, -0.2) is 4.98 Å². The van der Waals surface area contributed by atoms with Crippen LogP contribution in [0.5, 0.6) is 0 Å². The van der Waals surface area contributed by atoms with Gasteiger partial charge in [0, 0.05) is 36.8 Å². The molecule has 3 heterocycles. The predicted octanol–water partition coefficient (Wildman–Crippen LogP) is 5.66. The van der Waals surface area contributed by atoms with E-state index in [-0.39, 0.29) is 18.4 Å². The van der Waals surface area contributed by atoms with Crippen LogP contribution in [0.25, 0.3) is 11.0 Å². The maximum absolute atomic E-state index is 13.3. The van der Waals surface area contributed by atoms with Gasteiger partial charge in [-0.2, -0.15) is 13.2 Å². The van der Waals surface area contributed by atoms with E-state index in [9.17, 15) is 27.9 Å². The van der Waals surface area contributed by atoms with Gasteiger partial charge in [-0.3, -0.25) is 9.59 Å². The molecule has 1 amide bonds. The molecular weight excluding hydrogens is 483 g/mol. The summed E-state index contributed by atoms with van der Waals surface area (Å²) in [5, 5.41) is 10.4. The second-order valence-corrected chi connectivity index (χ2v) is 10.7. The monoisotopic (exact) mass is 513 g/mol. The smallest absolute Gasteiger partial charge is 0.416 e. The summed E-state index contributed by atoms with van der Waals surface area (Å²) in [7, 11) is 0. The summed E-state index contributed by atoms with van der Waals surface area (Å²) in [5.41, 5.74) is 1.83. The number of hydrogen-bond acceptors (Lipinski definition) is 3. The molecule has 0 spiro atoms. The highest BCUT2D eigenvalue weighted by molar-refractivity contribution is 5.84. The van der Waals surface area contributed by atoms with Gasteiger partial charge in [0.1, 0.15) is 5.65 Å². The largest absolute Gasteiger partial charge is 0.481 e. The maximum atomic E-state index is 13.3. The molecule has 1 saturated carbocycles. The number of nitrogens with zero attached hydrogens (tertiary/aromatic N) is 3. The number of alkyl halides is 3. The Morgan fingerprint density at radius 1 is 1.16 bits per heavy atom. The Balaban J connectivity index is 1.37.